The van der Waals surface area contributed by atoms with Gasteiger partial charge in [-0.25, -0.2) is 35.1 Å². The van der Waals surface area contributed by atoms with Crippen LogP contribution in [0.1, 0.15) is 52.7 Å². The Kier molecular flexibility index (Phi) is 10.0. The summed E-state index contributed by atoms with van der Waals surface area (Å²) in [7, 11) is 0. The molecule has 0 N–H and O–H groups in total. The first-order chi connectivity index (χ1) is 26.8. The minimum absolute atomic E-state index is 0.113. The summed E-state index contributed by atoms with van der Waals surface area (Å²) >= 11 is 0. The summed E-state index contributed by atoms with van der Waals surface area (Å²) in [6.45, 7) is 12.0. The SMILES string of the molecule is CC(C)(C)Cc1ccc2c(N(c3ccc(F)cc3)c3c(F)cc(F)cc3F)c3cc(C(C)(C)C)ccc3c(N(c3ccc(F)cc3)c3c(F)cc(F)cc3F)c2c1. The van der Waals surface area contributed by atoms with E-state index in [1.54, 1.807) is 18.2 Å². The Morgan fingerprint density at radius 3 is 1.16 bits per heavy atom. The fourth-order valence-corrected chi connectivity index (χ4v) is 7.32. The molecular weight excluding hydrogens is 745 g/mol. The molecule has 0 aliphatic rings. The quantitative estimate of drug-likeness (QED) is 0.0903. The Morgan fingerprint density at radius 2 is 0.772 bits per heavy atom. The Bertz CT molecular complexity index is 2610. The molecule has 0 fully saturated rings. The zero-order valence-corrected chi connectivity index (χ0v) is 32.0. The molecular formula is C47H38F8N2. The van der Waals surface area contributed by atoms with Crippen LogP contribution < -0.4 is 9.80 Å². The van der Waals surface area contributed by atoms with Crippen LogP contribution in [0.5, 0.6) is 0 Å². The molecule has 0 unspecified atom stereocenters. The van der Waals surface area contributed by atoms with Crippen LogP contribution in [0.15, 0.2) is 109 Å². The van der Waals surface area contributed by atoms with Gasteiger partial charge in [0.25, 0.3) is 0 Å². The normalized spacial score (nSPS) is 12.1. The van der Waals surface area contributed by atoms with Gasteiger partial charge in [-0.05, 0) is 89.0 Å². The molecule has 0 spiro atoms. The lowest BCUT2D eigenvalue weighted by atomic mass is 9.83. The molecule has 7 rings (SSSR count). The maximum absolute atomic E-state index is 16.2. The van der Waals surface area contributed by atoms with Gasteiger partial charge in [0.05, 0.1) is 11.4 Å². The monoisotopic (exact) mass is 782 g/mol. The van der Waals surface area contributed by atoms with Crippen molar-refractivity contribution >= 4 is 55.7 Å². The second-order valence-electron chi connectivity index (χ2n) is 16.4. The van der Waals surface area contributed by atoms with E-state index in [0.29, 0.717) is 52.2 Å². The van der Waals surface area contributed by atoms with E-state index in [9.17, 15) is 17.6 Å². The second-order valence-corrected chi connectivity index (χ2v) is 16.4. The summed E-state index contributed by atoms with van der Waals surface area (Å²) in [5.41, 5.74) is 0.0804. The smallest absolute Gasteiger partial charge is 0.153 e. The van der Waals surface area contributed by atoms with Crippen LogP contribution in [0.3, 0.4) is 0 Å². The van der Waals surface area contributed by atoms with Crippen molar-refractivity contribution < 1.29 is 35.1 Å². The summed E-state index contributed by atoms with van der Waals surface area (Å²) in [4.78, 5) is 2.49. The van der Waals surface area contributed by atoms with E-state index in [1.165, 1.54) is 34.1 Å². The van der Waals surface area contributed by atoms with Crippen LogP contribution >= 0.6 is 0 Å². The van der Waals surface area contributed by atoms with E-state index in [1.807, 2.05) is 59.7 Å². The van der Waals surface area contributed by atoms with Crippen LogP contribution in [0.4, 0.5) is 69.2 Å². The lowest BCUT2D eigenvalue weighted by Gasteiger charge is -2.34. The molecule has 10 heteroatoms. The molecule has 0 radical (unpaired) electrons. The molecule has 0 aliphatic heterocycles. The Labute approximate surface area is 325 Å². The van der Waals surface area contributed by atoms with Gasteiger partial charge >= 0.3 is 0 Å². The lowest BCUT2D eigenvalue weighted by molar-refractivity contribution is 0.411. The van der Waals surface area contributed by atoms with Gasteiger partial charge in [-0.2, -0.15) is 0 Å². The second kappa shape index (κ2) is 14.6. The highest BCUT2D eigenvalue weighted by Crippen LogP contribution is 2.53. The fourth-order valence-electron chi connectivity index (χ4n) is 7.32. The van der Waals surface area contributed by atoms with Crippen LogP contribution in [0.25, 0.3) is 21.5 Å². The number of benzene rings is 7. The van der Waals surface area contributed by atoms with Gasteiger partial charge in [-0.1, -0.05) is 65.8 Å². The maximum atomic E-state index is 16.2. The molecule has 0 heterocycles. The minimum atomic E-state index is -1.25. The molecule has 0 bridgehead atoms. The zero-order valence-electron chi connectivity index (χ0n) is 32.0. The van der Waals surface area contributed by atoms with Crippen LogP contribution in [0, 0.1) is 52.0 Å². The summed E-state index contributed by atoms with van der Waals surface area (Å²) in [5, 5.41) is 1.31. The molecule has 0 saturated heterocycles. The summed E-state index contributed by atoms with van der Waals surface area (Å²) in [6.07, 6.45) is 0.525. The van der Waals surface area contributed by atoms with E-state index >= 15 is 17.6 Å². The van der Waals surface area contributed by atoms with Gasteiger partial charge in [-0.15, -0.1) is 0 Å². The van der Waals surface area contributed by atoms with Gasteiger partial charge < -0.3 is 9.80 Å². The molecule has 0 amide bonds. The number of hydrogen-bond donors (Lipinski definition) is 0. The molecule has 7 aromatic carbocycles. The van der Waals surface area contributed by atoms with Gasteiger partial charge in [0.1, 0.15) is 34.6 Å². The van der Waals surface area contributed by atoms with Crippen molar-refractivity contribution in [3.8, 4) is 0 Å². The third kappa shape index (κ3) is 7.65. The Balaban J connectivity index is 1.75. The third-order valence-electron chi connectivity index (χ3n) is 9.75. The van der Waals surface area contributed by atoms with Crippen molar-refractivity contribution in [1.82, 2.24) is 0 Å². The van der Waals surface area contributed by atoms with Crippen LogP contribution in [-0.4, -0.2) is 0 Å². The van der Waals surface area contributed by atoms with Crippen LogP contribution in [-0.2, 0) is 11.8 Å². The first-order valence-corrected chi connectivity index (χ1v) is 18.2. The molecule has 7 aromatic rings. The van der Waals surface area contributed by atoms with Crippen molar-refractivity contribution in [3.05, 3.63) is 167 Å². The fraction of sp³-hybridized carbons (Fsp3) is 0.191. The maximum Gasteiger partial charge on any atom is 0.153 e. The first kappa shape index (κ1) is 39.3. The molecule has 0 atom stereocenters. The van der Waals surface area contributed by atoms with Crippen LogP contribution in [0.2, 0.25) is 0 Å². The topological polar surface area (TPSA) is 6.48 Å². The van der Waals surface area contributed by atoms with Crippen molar-refractivity contribution in [1.29, 1.82) is 0 Å². The van der Waals surface area contributed by atoms with Crippen molar-refractivity contribution in [2.45, 2.75) is 53.4 Å². The van der Waals surface area contributed by atoms with E-state index in [4.69, 9.17) is 0 Å². The molecule has 57 heavy (non-hydrogen) atoms. The average molecular weight is 783 g/mol. The Hall–Kier alpha value is -5.90. The predicted octanol–water partition coefficient (Wildman–Crippen LogP) is 14.9. The van der Waals surface area contributed by atoms with Gasteiger partial charge in [0.15, 0.2) is 23.3 Å². The number of rotatable bonds is 7. The van der Waals surface area contributed by atoms with E-state index in [0.717, 1.165) is 35.4 Å². The van der Waals surface area contributed by atoms with Gasteiger partial charge in [0, 0.05) is 57.2 Å². The summed E-state index contributed by atoms with van der Waals surface area (Å²) in [5.74, 6) is -8.54. The highest BCUT2D eigenvalue weighted by molar-refractivity contribution is 6.23. The lowest BCUT2D eigenvalue weighted by Crippen LogP contribution is -2.19. The number of anilines is 6. The third-order valence-corrected chi connectivity index (χ3v) is 9.75. The molecule has 0 saturated carbocycles. The molecule has 292 valence electrons. The van der Waals surface area contributed by atoms with E-state index in [2.05, 4.69) is 0 Å². The Morgan fingerprint density at radius 1 is 0.386 bits per heavy atom. The van der Waals surface area contributed by atoms with Gasteiger partial charge in [-0.3, -0.25) is 0 Å². The molecule has 0 aromatic heterocycles. The van der Waals surface area contributed by atoms with Crippen molar-refractivity contribution in [2.24, 2.45) is 5.41 Å². The minimum Gasteiger partial charge on any atom is -0.304 e. The van der Waals surface area contributed by atoms with E-state index < -0.39 is 63.3 Å². The van der Waals surface area contributed by atoms with Crippen molar-refractivity contribution in [3.63, 3.8) is 0 Å². The number of nitrogens with zero attached hydrogens (tertiary/aromatic N) is 2. The average Bonchev–Trinajstić information content (AvgIpc) is 3.10. The predicted molar refractivity (Wildman–Crippen MR) is 212 cm³/mol. The van der Waals surface area contributed by atoms with E-state index in [-0.39, 0.29) is 28.2 Å². The summed E-state index contributed by atoms with van der Waals surface area (Å²) in [6, 6.07) is 22.7. The van der Waals surface area contributed by atoms with Crippen molar-refractivity contribution in [2.75, 3.05) is 9.80 Å². The number of halogens is 8. The largest absolute Gasteiger partial charge is 0.304 e. The molecule has 2 nitrogen and oxygen atoms in total. The number of fused-ring (bicyclic) bond motifs is 2. The number of hydrogen-bond acceptors (Lipinski definition) is 2. The standard InChI is InChI=1S/C47H38F8N2/c1-46(2,3)25-26-7-17-34-36(19-26)42(56(32-13-9-28(48)10-14-32)44-38(52)21-30(50)22-39(44)53)35-18-8-27(47(4,5)6)20-37(35)43(34)57(33-15-11-29(49)12-16-33)45-40(54)23-31(51)24-41(45)55/h7-24H,25H2,1-6H3. The molecule has 0 aliphatic carbocycles. The zero-order chi connectivity index (χ0) is 41.1. The first-order valence-electron chi connectivity index (χ1n) is 18.2. The highest BCUT2D eigenvalue weighted by atomic mass is 19.2. The van der Waals surface area contributed by atoms with Gasteiger partial charge in [0.2, 0.25) is 0 Å². The summed E-state index contributed by atoms with van der Waals surface area (Å²) < 4.78 is 123. The highest BCUT2D eigenvalue weighted by Gasteiger charge is 2.32.